The summed E-state index contributed by atoms with van der Waals surface area (Å²) in [5, 5.41) is 8.10. The Morgan fingerprint density at radius 1 is 1.39 bits per heavy atom. The van der Waals surface area contributed by atoms with E-state index >= 15 is 0 Å². The molecule has 1 aliphatic heterocycles. The number of nitrogens with zero attached hydrogens (tertiary/aromatic N) is 1. The second-order valence-corrected chi connectivity index (χ2v) is 4.63. The molecule has 6 heteroatoms. The van der Waals surface area contributed by atoms with Crippen molar-refractivity contribution in [1.29, 1.82) is 0 Å². The standard InChI is InChI=1S/C12H24N4O2/c1-3-6-14-12(18)15-11(17)9-16-7-4-5-10(16)8-13-2/h10,13H,3-9H2,1-2H3,(H2,14,15,17,18). The highest BCUT2D eigenvalue weighted by Gasteiger charge is 2.25. The first-order valence-electron chi connectivity index (χ1n) is 6.63. The normalized spacial score (nSPS) is 19.8. The molecular weight excluding hydrogens is 232 g/mol. The van der Waals surface area contributed by atoms with Crippen LogP contribution in [0.4, 0.5) is 4.79 Å². The quantitative estimate of drug-likeness (QED) is 0.621. The summed E-state index contributed by atoms with van der Waals surface area (Å²) in [7, 11) is 1.91. The van der Waals surface area contributed by atoms with Crippen LogP contribution in [0.3, 0.4) is 0 Å². The molecule has 1 fully saturated rings. The molecule has 0 saturated carbocycles. The van der Waals surface area contributed by atoms with Crippen LogP contribution in [-0.2, 0) is 4.79 Å². The Balaban J connectivity index is 2.28. The molecular formula is C12H24N4O2. The summed E-state index contributed by atoms with van der Waals surface area (Å²) < 4.78 is 0. The van der Waals surface area contributed by atoms with Crippen molar-refractivity contribution in [2.45, 2.75) is 32.2 Å². The summed E-state index contributed by atoms with van der Waals surface area (Å²) >= 11 is 0. The van der Waals surface area contributed by atoms with Gasteiger partial charge in [0.15, 0.2) is 0 Å². The lowest BCUT2D eigenvalue weighted by Crippen LogP contribution is -2.47. The SMILES string of the molecule is CCCNC(=O)NC(=O)CN1CCCC1CNC. The van der Waals surface area contributed by atoms with Crippen LogP contribution in [0.1, 0.15) is 26.2 Å². The third-order valence-electron chi connectivity index (χ3n) is 3.07. The molecule has 1 unspecified atom stereocenters. The highest BCUT2D eigenvalue weighted by Crippen LogP contribution is 2.15. The lowest BCUT2D eigenvalue weighted by atomic mass is 10.2. The zero-order chi connectivity index (χ0) is 13.4. The van der Waals surface area contributed by atoms with Gasteiger partial charge >= 0.3 is 6.03 Å². The lowest BCUT2D eigenvalue weighted by molar-refractivity contribution is -0.121. The second kappa shape index (κ2) is 8.05. The largest absolute Gasteiger partial charge is 0.338 e. The first kappa shape index (κ1) is 14.9. The number of urea groups is 1. The minimum atomic E-state index is -0.397. The Kier molecular flexibility index (Phi) is 6.67. The van der Waals surface area contributed by atoms with Crippen molar-refractivity contribution >= 4 is 11.9 Å². The predicted molar refractivity (Wildman–Crippen MR) is 70.4 cm³/mol. The van der Waals surface area contributed by atoms with E-state index in [0.717, 1.165) is 32.4 Å². The van der Waals surface area contributed by atoms with Gasteiger partial charge in [-0.1, -0.05) is 6.92 Å². The van der Waals surface area contributed by atoms with E-state index in [0.29, 0.717) is 19.1 Å². The fourth-order valence-electron chi connectivity index (χ4n) is 2.20. The first-order chi connectivity index (χ1) is 8.67. The van der Waals surface area contributed by atoms with Gasteiger partial charge in [0, 0.05) is 19.1 Å². The molecule has 1 saturated heterocycles. The van der Waals surface area contributed by atoms with Crippen LogP contribution in [0.15, 0.2) is 0 Å². The van der Waals surface area contributed by atoms with E-state index in [4.69, 9.17) is 0 Å². The van der Waals surface area contributed by atoms with Crippen LogP contribution in [-0.4, -0.2) is 56.1 Å². The third kappa shape index (κ3) is 5.01. The lowest BCUT2D eigenvalue weighted by Gasteiger charge is -2.23. The van der Waals surface area contributed by atoms with E-state index in [9.17, 15) is 9.59 Å². The number of rotatable bonds is 6. The number of amides is 3. The van der Waals surface area contributed by atoms with Crippen LogP contribution in [0.5, 0.6) is 0 Å². The number of likely N-dealkylation sites (tertiary alicyclic amines) is 1. The zero-order valence-corrected chi connectivity index (χ0v) is 11.3. The van der Waals surface area contributed by atoms with Crippen LogP contribution >= 0.6 is 0 Å². The van der Waals surface area contributed by atoms with Gasteiger partial charge in [0.05, 0.1) is 6.54 Å². The summed E-state index contributed by atoms with van der Waals surface area (Å²) in [6.45, 7) is 4.66. The topological polar surface area (TPSA) is 73.5 Å². The number of hydrogen-bond acceptors (Lipinski definition) is 4. The summed E-state index contributed by atoms with van der Waals surface area (Å²) in [6, 6.07) is 0.00525. The van der Waals surface area contributed by atoms with Gasteiger partial charge < -0.3 is 10.6 Å². The predicted octanol–water partition coefficient (Wildman–Crippen LogP) is -0.0940. The molecule has 1 atom stereocenters. The average Bonchev–Trinajstić information content (AvgIpc) is 2.74. The average molecular weight is 256 g/mol. The second-order valence-electron chi connectivity index (χ2n) is 4.63. The fourth-order valence-corrected chi connectivity index (χ4v) is 2.20. The molecule has 1 aliphatic rings. The Bertz CT molecular complexity index is 283. The van der Waals surface area contributed by atoms with Crippen LogP contribution in [0, 0.1) is 0 Å². The maximum atomic E-state index is 11.7. The van der Waals surface area contributed by atoms with E-state index < -0.39 is 6.03 Å². The minimum Gasteiger partial charge on any atom is -0.338 e. The van der Waals surface area contributed by atoms with Crippen molar-refractivity contribution in [2.24, 2.45) is 0 Å². The van der Waals surface area contributed by atoms with Crippen molar-refractivity contribution in [3.8, 4) is 0 Å². The van der Waals surface area contributed by atoms with E-state index in [2.05, 4.69) is 20.9 Å². The van der Waals surface area contributed by atoms with Crippen molar-refractivity contribution in [1.82, 2.24) is 20.9 Å². The molecule has 18 heavy (non-hydrogen) atoms. The van der Waals surface area contributed by atoms with E-state index in [1.165, 1.54) is 0 Å². The van der Waals surface area contributed by atoms with Crippen molar-refractivity contribution in [2.75, 3.05) is 33.2 Å². The summed E-state index contributed by atoms with van der Waals surface area (Å²) in [6.07, 6.45) is 3.08. The molecule has 1 heterocycles. The van der Waals surface area contributed by atoms with Gasteiger partial charge in [0.1, 0.15) is 0 Å². The first-order valence-corrected chi connectivity index (χ1v) is 6.63. The minimum absolute atomic E-state index is 0.230. The Labute approximate surface area is 108 Å². The molecule has 0 radical (unpaired) electrons. The summed E-state index contributed by atoms with van der Waals surface area (Å²) in [5.41, 5.74) is 0. The van der Waals surface area contributed by atoms with Crippen molar-refractivity contribution < 1.29 is 9.59 Å². The number of nitrogens with one attached hydrogen (secondary N) is 3. The molecule has 0 aliphatic carbocycles. The van der Waals surface area contributed by atoms with Gasteiger partial charge in [-0.15, -0.1) is 0 Å². The Morgan fingerprint density at radius 2 is 2.17 bits per heavy atom. The van der Waals surface area contributed by atoms with Crippen LogP contribution < -0.4 is 16.0 Å². The van der Waals surface area contributed by atoms with E-state index in [-0.39, 0.29) is 5.91 Å². The van der Waals surface area contributed by atoms with Gasteiger partial charge in [0.25, 0.3) is 0 Å². The van der Waals surface area contributed by atoms with Crippen LogP contribution in [0.2, 0.25) is 0 Å². The molecule has 104 valence electrons. The van der Waals surface area contributed by atoms with Crippen LogP contribution in [0.25, 0.3) is 0 Å². The van der Waals surface area contributed by atoms with E-state index in [1.54, 1.807) is 0 Å². The fraction of sp³-hybridized carbons (Fsp3) is 0.833. The zero-order valence-electron chi connectivity index (χ0n) is 11.3. The molecule has 6 nitrogen and oxygen atoms in total. The van der Waals surface area contributed by atoms with Gasteiger partial charge in [-0.25, -0.2) is 4.79 Å². The van der Waals surface area contributed by atoms with Gasteiger partial charge in [-0.2, -0.15) is 0 Å². The van der Waals surface area contributed by atoms with Crippen molar-refractivity contribution in [3.05, 3.63) is 0 Å². The van der Waals surface area contributed by atoms with Crippen molar-refractivity contribution in [3.63, 3.8) is 0 Å². The van der Waals surface area contributed by atoms with E-state index in [1.807, 2.05) is 14.0 Å². The Hall–Kier alpha value is -1.14. The number of imide groups is 1. The van der Waals surface area contributed by atoms with Gasteiger partial charge in [-0.3, -0.25) is 15.0 Å². The number of likely N-dealkylation sites (N-methyl/N-ethyl adjacent to an activating group) is 1. The monoisotopic (exact) mass is 256 g/mol. The summed E-state index contributed by atoms with van der Waals surface area (Å²) in [5.74, 6) is -0.230. The molecule has 0 bridgehead atoms. The summed E-state index contributed by atoms with van der Waals surface area (Å²) in [4.78, 5) is 25.1. The molecule has 0 spiro atoms. The maximum absolute atomic E-state index is 11.7. The smallest absolute Gasteiger partial charge is 0.321 e. The molecule has 1 rings (SSSR count). The number of carbonyl (C=O) groups is 2. The molecule has 0 aromatic rings. The highest BCUT2D eigenvalue weighted by molar-refractivity contribution is 5.95. The molecule has 0 aromatic heterocycles. The van der Waals surface area contributed by atoms with Gasteiger partial charge in [0.2, 0.25) is 5.91 Å². The number of carbonyl (C=O) groups excluding carboxylic acids is 2. The molecule has 3 N–H and O–H groups in total. The number of hydrogen-bond donors (Lipinski definition) is 3. The maximum Gasteiger partial charge on any atom is 0.321 e. The highest BCUT2D eigenvalue weighted by atomic mass is 16.2. The molecule has 3 amide bonds. The Morgan fingerprint density at radius 3 is 2.83 bits per heavy atom. The third-order valence-corrected chi connectivity index (χ3v) is 3.07. The molecule has 0 aromatic carbocycles. The van der Waals surface area contributed by atoms with Gasteiger partial charge in [-0.05, 0) is 32.9 Å².